The van der Waals surface area contributed by atoms with Crippen molar-refractivity contribution in [3.8, 4) is 17.0 Å². The van der Waals surface area contributed by atoms with Crippen molar-refractivity contribution in [1.29, 1.82) is 0 Å². The van der Waals surface area contributed by atoms with Crippen LogP contribution in [0.25, 0.3) is 22.3 Å². The summed E-state index contributed by atoms with van der Waals surface area (Å²) in [5.41, 5.74) is 8.94. The molecule has 0 spiro atoms. The number of benzene rings is 1. The molecular formula is C20H28N6O2S. The lowest BCUT2D eigenvalue weighted by Crippen LogP contribution is -2.26. The van der Waals surface area contributed by atoms with Crippen LogP contribution in [0.2, 0.25) is 0 Å². The predicted molar refractivity (Wildman–Crippen MR) is 119 cm³/mol. The second kappa shape index (κ2) is 9.45. The summed E-state index contributed by atoms with van der Waals surface area (Å²) >= 11 is 1.49. The van der Waals surface area contributed by atoms with Crippen LogP contribution >= 0.6 is 12.1 Å². The van der Waals surface area contributed by atoms with Crippen LogP contribution < -0.4 is 15.2 Å². The van der Waals surface area contributed by atoms with E-state index in [2.05, 4.69) is 23.7 Å². The SMILES string of the molecule is CC(C)n1ncc2c(NSN(C)C)cc(-c3cccc(OCC(O)CN)c3)nc21. The van der Waals surface area contributed by atoms with E-state index in [1.54, 1.807) is 0 Å². The van der Waals surface area contributed by atoms with Crippen molar-refractivity contribution in [2.75, 3.05) is 32.0 Å². The third-order valence-electron chi connectivity index (χ3n) is 4.24. The van der Waals surface area contributed by atoms with Crippen molar-refractivity contribution < 1.29 is 9.84 Å². The van der Waals surface area contributed by atoms with Crippen LogP contribution in [0, 0.1) is 0 Å². The fraction of sp³-hybridized carbons (Fsp3) is 0.400. The molecule has 0 saturated heterocycles. The molecule has 0 saturated carbocycles. The number of pyridine rings is 1. The Bertz CT molecular complexity index is 959. The lowest BCUT2D eigenvalue weighted by Gasteiger charge is -2.14. The molecule has 0 aliphatic rings. The van der Waals surface area contributed by atoms with Gasteiger partial charge in [-0.1, -0.05) is 12.1 Å². The Hall–Kier alpha value is -2.33. The van der Waals surface area contributed by atoms with Gasteiger partial charge in [0.2, 0.25) is 0 Å². The second-order valence-electron chi connectivity index (χ2n) is 7.21. The second-order valence-corrected chi connectivity index (χ2v) is 8.33. The molecule has 9 heteroatoms. The molecule has 2 aromatic heterocycles. The van der Waals surface area contributed by atoms with Gasteiger partial charge in [-0.15, -0.1) is 0 Å². The number of hydrogen-bond acceptors (Lipinski definition) is 8. The molecule has 8 nitrogen and oxygen atoms in total. The summed E-state index contributed by atoms with van der Waals surface area (Å²) in [6.07, 6.45) is 1.16. The molecule has 2 heterocycles. The van der Waals surface area contributed by atoms with Gasteiger partial charge in [0.1, 0.15) is 18.5 Å². The number of ether oxygens (including phenoxy) is 1. The van der Waals surface area contributed by atoms with Gasteiger partial charge < -0.3 is 20.3 Å². The smallest absolute Gasteiger partial charge is 0.160 e. The molecule has 29 heavy (non-hydrogen) atoms. The zero-order valence-electron chi connectivity index (χ0n) is 17.2. The van der Waals surface area contributed by atoms with E-state index < -0.39 is 6.10 Å². The molecule has 1 atom stereocenters. The van der Waals surface area contributed by atoms with Gasteiger partial charge in [-0.3, -0.25) is 0 Å². The molecule has 4 N–H and O–H groups in total. The zero-order valence-corrected chi connectivity index (χ0v) is 18.0. The summed E-state index contributed by atoms with van der Waals surface area (Å²) in [5, 5.41) is 15.1. The number of fused-ring (bicyclic) bond motifs is 1. The van der Waals surface area contributed by atoms with E-state index in [1.165, 1.54) is 12.1 Å². The maximum atomic E-state index is 9.64. The van der Waals surface area contributed by atoms with Gasteiger partial charge >= 0.3 is 0 Å². The minimum atomic E-state index is -0.688. The summed E-state index contributed by atoms with van der Waals surface area (Å²) in [4.78, 5) is 4.88. The molecule has 0 radical (unpaired) electrons. The van der Waals surface area contributed by atoms with Gasteiger partial charge in [0, 0.05) is 30.3 Å². The number of nitrogens with zero attached hydrogens (tertiary/aromatic N) is 4. The summed E-state index contributed by atoms with van der Waals surface area (Å²) < 4.78 is 12.9. The first-order valence-electron chi connectivity index (χ1n) is 9.49. The summed E-state index contributed by atoms with van der Waals surface area (Å²) in [7, 11) is 3.95. The highest BCUT2D eigenvalue weighted by Crippen LogP contribution is 2.32. The fourth-order valence-electron chi connectivity index (χ4n) is 2.77. The van der Waals surface area contributed by atoms with Crippen LogP contribution in [-0.2, 0) is 0 Å². The molecule has 0 fully saturated rings. The summed E-state index contributed by atoms with van der Waals surface area (Å²) in [6, 6.07) is 9.86. The van der Waals surface area contributed by atoms with Crippen molar-refractivity contribution in [1.82, 2.24) is 19.1 Å². The first-order valence-corrected chi connectivity index (χ1v) is 10.3. The highest BCUT2D eigenvalue weighted by Gasteiger charge is 2.15. The zero-order chi connectivity index (χ0) is 21.0. The van der Waals surface area contributed by atoms with Crippen LogP contribution in [0.5, 0.6) is 5.75 Å². The maximum absolute atomic E-state index is 9.64. The maximum Gasteiger partial charge on any atom is 0.160 e. The van der Waals surface area contributed by atoms with E-state index in [0.717, 1.165) is 28.0 Å². The molecule has 1 unspecified atom stereocenters. The number of hydrogen-bond donors (Lipinski definition) is 3. The Morgan fingerprint density at radius 3 is 2.79 bits per heavy atom. The van der Waals surface area contributed by atoms with Crippen molar-refractivity contribution in [2.24, 2.45) is 5.73 Å². The molecule has 3 rings (SSSR count). The average molecular weight is 417 g/mol. The van der Waals surface area contributed by atoms with Gasteiger partial charge in [0.15, 0.2) is 5.65 Å². The van der Waals surface area contributed by atoms with Crippen LogP contribution in [0.1, 0.15) is 19.9 Å². The van der Waals surface area contributed by atoms with Gasteiger partial charge in [-0.25, -0.2) is 14.0 Å². The number of rotatable bonds is 9. The summed E-state index contributed by atoms with van der Waals surface area (Å²) in [5.74, 6) is 0.659. The van der Waals surface area contributed by atoms with Crippen LogP contribution in [0.3, 0.4) is 0 Å². The normalized spacial score (nSPS) is 12.7. The number of anilines is 1. The Morgan fingerprint density at radius 1 is 1.31 bits per heavy atom. The van der Waals surface area contributed by atoms with E-state index in [9.17, 15) is 5.11 Å². The van der Waals surface area contributed by atoms with Crippen LogP contribution in [-0.4, -0.2) is 57.5 Å². The van der Waals surface area contributed by atoms with Crippen LogP contribution in [0.15, 0.2) is 36.5 Å². The van der Waals surface area contributed by atoms with Gasteiger partial charge in [0.25, 0.3) is 0 Å². The van der Waals surface area contributed by atoms with Crippen LogP contribution in [0.4, 0.5) is 5.69 Å². The Morgan fingerprint density at radius 2 is 2.10 bits per heavy atom. The quantitative estimate of drug-likeness (QED) is 0.458. The minimum Gasteiger partial charge on any atom is -0.491 e. The fourth-order valence-corrected chi connectivity index (χ4v) is 3.22. The third kappa shape index (κ3) is 5.18. The lowest BCUT2D eigenvalue weighted by molar-refractivity contribution is 0.114. The van der Waals surface area contributed by atoms with Crippen molar-refractivity contribution in [2.45, 2.75) is 26.0 Å². The van der Waals surface area contributed by atoms with E-state index in [0.29, 0.717) is 5.75 Å². The molecular weight excluding hydrogens is 388 g/mol. The Labute approximate surface area is 175 Å². The first kappa shape index (κ1) is 21.4. The number of aliphatic hydroxyl groups excluding tert-OH is 1. The number of aliphatic hydroxyl groups is 1. The first-order chi connectivity index (χ1) is 13.9. The third-order valence-corrected chi connectivity index (χ3v) is 4.91. The van der Waals surface area contributed by atoms with Crippen molar-refractivity contribution in [3.63, 3.8) is 0 Å². The number of nitrogens with one attached hydrogen (secondary N) is 1. The Balaban J connectivity index is 2.01. The molecule has 3 aromatic rings. The van der Waals surface area contributed by atoms with E-state index in [1.807, 2.05) is 59.6 Å². The number of nitrogens with two attached hydrogens (primary N) is 1. The number of aromatic nitrogens is 3. The Kier molecular flexibility index (Phi) is 6.96. The highest BCUT2D eigenvalue weighted by molar-refractivity contribution is 7.98. The average Bonchev–Trinajstić information content (AvgIpc) is 3.14. The molecule has 0 aliphatic carbocycles. The molecule has 156 valence electrons. The molecule has 0 amide bonds. The monoisotopic (exact) mass is 416 g/mol. The van der Waals surface area contributed by atoms with Gasteiger partial charge in [-0.05, 0) is 46.1 Å². The molecule has 1 aromatic carbocycles. The van der Waals surface area contributed by atoms with Crippen molar-refractivity contribution >= 4 is 28.9 Å². The molecule has 0 bridgehead atoms. The van der Waals surface area contributed by atoms with E-state index in [4.69, 9.17) is 15.5 Å². The van der Waals surface area contributed by atoms with Gasteiger partial charge in [0.05, 0.1) is 23.0 Å². The molecule has 0 aliphatic heterocycles. The standard InChI is InChI=1S/C20H28N6O2S/c1-13(2)26-20-17(11-22-26)19(24-29-25(3)4)9-18(23-20)14-6-5-7-16(8-14)28-12-15(27)10-21/h5-9,11,13,15,27H,10,12,21H2,1-4H3,(H,23,24). The summed E-state index contributed by atoms with van der Waals surface area (Å²) in [6.45, 7) is 4.48. The largest absolute Gasteiger partial charge is 0.491 e. The van der Waals surface area contributed by atoms with E-state index in [-0.39, 0.29) is 19.2 Å². The predicted octanol–water partition coefficient (Wildman–Crippen LogP) is 2.91. The topological polar surface area (TPSA) is 101 Å². The minimum absolute atomic E-state index is 0.152. The van der Waals surface area contributed by atoms with Crippen molar-refractivity contribution in [3.05, 3.63) is 36.5 Å². The highest BCUT2D eigenvalue weighted by atomic mass is 32.2. The lowest BCUT2D eigenvalue weighted by atomic mass is 10.1. The van der Waals surface area contributed by atoms with Gasteiger partial charge in [-0.2, -0.15) is 5.10 Å². The van der Waals surface area contributed by atoms with E-state index >= 15 is 0 Å².